The lowest BCUT2D eigenvalue weighted by Gasteiger charge is -2.22. The average molecular weight is 429 g/mol. The van der Waals surface area contributed by atoms with Gasteiger partial charge in [-0.05, 0) is 55.4 Å². The predicted molar refractivity (Wildman–Crippen MR) is 105 cm³/mol. The summed E-state index contributed by atoms with van der Waals surface area (Å²) in [5, 5.41) is 11.6. The van der Waals surface area contributed by atoms with E-state index in [0.29, 0.717) is 0 Å². The van der Waals surface area contributed by atoms with Gasteiger partial charge in [0.2, 0.25) is 0 Å². The number of nitrogens with two attached hydrogens (primary N) is 1. The van der Waals surface area contributed by atoms with Gasteiger partial charge in [0, 0.05) is 6.04 Å². The maximum Gasteiger partial charge on any atom is 0.407 e. The maximum atomic E-state index is 11.3. The average Bonchev–Trinajstić information content (AvgIpc) is 2.40. The first-order chi connectivity index (χ1) is 12.2. The Kier molecular flexibility index (Phi) is 11.9. The van der Waals surface area contributed by atoms with Crippen LogP contribution < -0.4 is 11.1 Å². The SMILES string of the molecule is CC(COS(C)(=O)=O)NC(=O)OC(C)(C)C.CC(N)[C@H](O)C(=O)OC(C)(C)C. The summed E-state index contributed by atoms with van der Waals surface area (Å²) in [7, 11) is -3.48. The van der Waals surface area contributed by atoms with Crippen LogP contribution in [0.3, 0.4) is 0 Å². The zero-order chi connectivity index (χ0) is 22.9. The Morgan fingerprint density at radius 3 is 1.79 bits per heavy atom. The molecule has 3 atom stereocenters. The summed E-state index contributed by atoms with van der Waals surface area (Å²) in [6, 6.07) is -1.04. The number of nitrogens with one attached hydrogen (secondary N) is 1. The molecule has 0 fully saturated rings. The maximum absolute atomic E-state index is 11.3. The van der Waals surface area contributed by atoms with Gasteiger partial charge in [-0.1, -0.05) is 0 Å². The molecule has 0 bridgehead atoms. The zero-order valence-electron chi connectivity index (χ0n) is 18.2. The first kappa shape index (κ1) is 28.8. The van der Waals surface area contributed by atoms with Crippen molar-refractivity contribution in [1.82, 2.24) is 5.32 Å². The van der Waals surface area contributed by atoms with E-state index >= 15 is 0 Å². The van der Waals surface area contributed by atoms with Crippen molar-refractivity contribution in [3.05, 3.63) is 0 Å². The minimum atomic E-state index is -3.48. The van der Waals surface area contributed by atoms with Gasteiger partial charge in [0.05, 0.1) is 18.9 Å². The van der Waals surface area contributed by atoms with E-state index in [4.69, 9.17) is 20.3 Å². The highest BCUT2D eigenvalue weighted by Gasteiger charge is 2.25. The summed E-state index contributed by atoms with van der Waals surface area (Å²) in [5.74, 6) is -0.669. The first-order valence-corrected chi connectivity index (χ1v) is 10.6. The molecule has 28 heavy (non-hydrogen) atoms. The summed E-state index contributed by atoms with van der Waals surface area (Å²) in [5.41, 5.74) is 4.15. The van der Waals surface area contributed by atoms with E-state index in [9.17, 15) is 18.0 Å². The molecule has 0 aromatic heterocycles. The molecule has 4 N–H and O–H groups in total. The molecule has 0 aliphatic carbocycles. The third-order valence-corrected chi connectivity index (χ3v) is 3.01. The number of alkyl carbamates (subject to hydrolysis) is 1. The highest BCUT2D eigenvalue weighted by atomic mass is 32.2. The molecule has 2 unspecified atom stereocenters. The Hall–Kier alpha value is -1.43. The standard InChI is InChI=1S/C9H19NO5S.C8H17NO3/c1-7(6-14-16(5,12)13)10-8(11)15-9(2,3)4;1-5(9)6(10)7(11)12-8(2,3)4/h7H,6H2,1-5H3,(H,10,11);5-6,10H,9H2,1-4H3/t;5?,6-/m.0/s1. The molecular formula is C17H36N2O8S. The molecule has 0 saturated heterocycles. The fourth-order valence-corrected chi connectivity index (χ4v) is 1.80. The summed E-state index contributed by atoms with van der Waals surface area (Å²) in [4.78, 5) is 22.3. The highest BCUT2D eigenvalue weighted by molar-refractivity contribution is 7.85. The number of hydrogen-bond donors (Lipinski definition) is 3. The quantitative estimate of drug-likeness (QED) is 0.413. The Balaban J connectivity index is 0. The van der Waals surface area contributed by atoms with Crippen LogP contribution in [0.25, 0.3) is 0 Å². The van der Waals surface area contributed by atoms with Crippen molar-refractivity contribution < 1.29 is 36.8 Å². The number of amides is 1. The molecule has 0 saturated carbocycles. The van der Waals surface area contributed by atoms with Crippen molar-refractivity contribution in [3.63, 3.8) is 0 Å². The van der Waals surface area contributed by atoms with Gasteiger partial charge in [0.15, 0.2) is 6.10 Å². The van der Waals surface area contributed by atoms with E-state index in [1.54, 1.807) is 55.4 Å². The third kappa shape index (κ3) is 19.3. The predicted octanol–water partition coefficient (Wildman–Crippen LogP) is 0.912. The molecule has 0 aromatic carbocycles. The number of ether oxygens (including phenoxy) is 2. The molecule has 0 aliphatic heterocycles. The lowest BCUT2D eigenvalue weighted by molar-refractivity contribution is -0.165. The number of aliphatic hydroxyl groups is 1. The summed E-state index contributed by atoms with van der Waals surface area (Å²) in [6.45, 7) is 13.5. The van der Waals surface area contributed by atoms with Gasteiger partial charge in [-0.25, -0.2) is 9.59 Å². The normalized spacial score (nSPS) is 15.4. The summed E-state index contributed by atoms with van der Waals surface area (Å²) in [6.07, 6.45) is -0.881. The molecule has 0 rings (SSSR count). The molecule has 0 heterocycles. The van der Waals surface area contributed by atoms with Gasteiger partial charge in [0.1, 0.15) is 11.2 Å². The van der Waals surface area contributed by atoms with Crippen LogP contribution in [0.15, 0.2) is 0 Å². The summed E-state index contributed by atoms with van der Waals surface area (Å²) < 4.78 is 35.8. The Bertz CT molecular complexity index is 591. The lowest BCUT2D eigenvalue weighted by Crippen LogP contribution is -2.42. The van der Waals surface area contributed by atoms with Gasteiger partial charge in [-0.3, -0.25) is 4.18 Å². The molecule has 10 nitrogen and oxygen atoms in total. The number of carbonyl (C=O) groups excluding carboxylic acids is 2. The van der Waals surface area contributed by atoms with Gasteiger partial charge < -0.3 is 25.6 Å². The molecule has 11 heteroatoms. The van der Waals surface area contributed by atoms with Crippen molar-refractivity contribution in [3.8, 4) is 0 Å². The van der Waals surface area contributed by atoms with Crippen LogP contribution >= 0.6 is 0 Å². The van der Waals surface area contributed by atoms with E-state index in [1.165, 1.54) is 0 Å². The minimum Gasteiger partial charge on any atom is -0.458 e. The number of carbonyl (C=O) groups is 2. The van der Waals surface area contributed by atoms with Crippen molar-refractivity contribution in [2.24, 2.45) is 5.73 Å². The van der Waals surface area contributed by atoms with Gasteiger partial charge in [-0.15, -0.1) is 0 Å². The number of rotatable bonds is 6. The van der Waals surface area contributed by atoms with Crippen molar-refractivity contribution >= 4 is 22.2 Å². The van der Waals surface area contributed by atoms with Crippen LogP contribution in [0.4, 0.5) is 4.79 Å². The Labute approximate surface area is 168 Å². The van der Waals surface area contributed by atoms with Crippen molar-refractivity contribution in [1.29, 1.82) is 0 Å². The van der Waals surface area contributed by atoms with Crippen LogP contribution in [0.5, 0.6) is 0 Å². The first-order valence-electron chi connectivity index (χ1n) is 8.74. The molecule has 1 amide bonds. The Morgan fingerprint density at radius 2 is 1.46 bits per heavy atom. The molecule has 0 aliphatic rings. The van der Waals surface area contributed by atoms with E-state index in [1.807, 2.05) is 0 Å². The second kappa shape index (κ2) is 11.5. The second-order valence-corrected chi connectivity index (χ2v) is 10.0. The molecule has 0 radical (unpaired) electrons. The fourth-order valence-electron chi connectivity index (χ4n) is 1.35. The van der Waals surface area contributed by atoms with Gasteiger partial charge in [0.25, 0.3) is 10.1 Å². The highest BCUT2D eigenvalue weighted by Crippen LogP contribution is 2.09. The fraction of sp³-hybridized carbons (Fsp3) is 0.882. The van der Waals surface area contributed by atoms with Crippen LogP contribution in [0.2, 0.25) is 0 Å². The number of hydrogen-bond acceptors (Lipinski definition) is 9. The van der Waals surface area contributed by atoms with Gasteiger partial charge >= 0.3 is 12.1 Å². The number of aliphatic hydroxyl groups excluding tert-OH is 1. The van der Waals surface area contributed by atoms with Crippen LogP contribution in [0, 0.1) is 0 Å². The summed E-state index contributed by atoms with van der Waals surface area (Å²) >= 11 is 0. The third-order valence-electron chi connectivity index (χ3n) is 2.44. The van der Waals surface area contributed by atoms with E-state index in [-0.39, 0.29) is 6.61 Å². The smallest absolute Gasteiger partial charge is 0.407 e. The zero-order valence-corrected chi connectivity index (χ0v) is 19.0. The van der Waals surface area contributed by atoms with Crippen LogP contribution in [-0.2, 0) is 28.6 Å². The van der Waals surface area contributed by atoms with Crippen LogP contribution in [-0.4, -0.2) is 67.8 Å². The topological polar surface area (TPSA) is 154 Å². The van der Waals surface area contributed by atoms with E-state index in [0.717, 1.165) is 6.26 Å². The van der Waals surface area contributed by atoms with Gasteiger partial charge in [-0.2, -0.15) is 8.42 Å². The Morgan fingerprint density at radius 1 is 1.04 bits per heavy atom. The van der Waals surface area contributed by atoms with E-state index < -0.39 is 51.6 Å². The molecular weight excluding hydrogens is 392 g/mol. The van der Waals surface area contributed by atoms with Crippen LogP contribution in [0.1, 0.15) is 55.4 Å². The largest absolute Gasteiger partial charge is 0.458 e. The molecule has 0 aromatic rings. The second-order valence-electron chi connectivity index (χ2n) is 8.37. The monoisotopic (exact) mass is 428 g/mol. The number of esters is 1. The lowest BCUT2D eigenvalue weighted by atomic mass is 10.1. The minimum absolute atomic E-state index is 0.113. The van der Waals surface area contributed by atoms with Crippen molar-refractivity contribution in [2.45, 2.75) is 84.8 Å². The molecule has 0 spiro atoms. The van der Waals surface area contributed by atoms with Crippen molar-refractivity contribution in [2.75, 3.05) is 12.9 Å². The molecule has 168 valence electrons. The van der Waals surface area contributed by atoms with E-state index in [2.05, 4.69) is 9.50 Å².